The van der Waals surface area contributed by atoms with Gasteiger partial charge in [-0.25, -0.2) is 9.78 Å². The molecule has 2 amide bonds. The highest BCUT2D eigenvalue weighted by Crippen LogP contribution is 2.31. The molecular weight excluding hydrogens is 264 g/mol. The van der Waals surface area contributed by atoms with Gasteiger partial charge in [-0.1, -0.05) is 18.2 Å². The molecule has 0 unspecified atom stereocenters. The van der Waals surface area contributed by atoms with E-state index in [2.05, 4.69) is 23.3 Å². The molecule has 0 aliphatic carbocycles. The van der Waals surface area contributed by atoms with Gasteiger partial charge in [0.05, 0.1) is 6.33 Å². The number of hydrogen-bond acceptors (Lipinski definition) is 2. The van der Waals surface area contributed by atoms with Gasteiger partial charge >= 0.3 is 6.03 Å². The number of amides is 2. The van der Waals surface area contributed by atoms with Crippen LogP contribution in [0.3, 0.4) is 0 Å². The van der Waals surface area contributed by atoms with Gasteiger partial charge in [-0.15, -0.1) is 0 Å². The fraction of sp³-hybridized carbons (Fsp3) is 0.375. The molecule has 0 saturated carbocycles. The average Bonchev–Trinajstić information content (AvgIpc) is 3.04. The quantitative estimate of drug-likeness (QED) is 0.941. The van der Waals surface area contributed by atoms with Crippen molar-refractivity contribution in [1.29, 1.82) is 0 Å². The maximum atomic E-state index is 12.5. The third-order valence-corrected chi connectivity index (χ3v) is 3.84. The molecule has 1 aliphatic rings. The zero-order valence-electron chi connectivity index (χ0n) is 12.4. The molecule has 0 saturated heterocycles. The Morgan fingerprint density at radius 1 is 1.48 bits per heavy atom. The van der Waals surface area contributed by atoms with E-state index in [1.54, 1.807) is 12.5 Å². The molecule has 0 spiro atoms. The van der Waals surface area contributed by atoms with Gasteiger partial charge in [0, 0.05) is 36.7 Å². The van der Waals surface area contributed by atoms with Crippen LogP contribution in [0.25, 0.3) is 0 Å². The molecule has 3 rings (SSSR count). The van der Waals surface area contributed by atoms with Crippen molar-refractivity contribution in [2.24, 2.45) is 0 Å². The van der Waals surface area contributed by atoms with Crippen molar-refractivity contribution in [2.75, 3.05) is 4.90 Å². The smallest absolute Gasteiger partial charge is 0.322 e. The lowest BCUT2D eigenvalue weighted by Gasteiger charge is -2.25. The summed E-state index contributed by atoms with van der Waals surface area (Å²) >= 11 is 0. The van der Waals surface area contributed by atoms with Gasteiger partial charge in [0.15, 0.2) is 0 Å². The van der Waals surface area contributed by atoms with Crippen LogP contribution in [0.4, 0.5) is 10.5 Å². The maximum Gasteiger partial charge on any atom is 0.322 e. The summed E-state index contributed by atoms with van der Waals surface area (Å²) in [5, 5.41) is 3.07. The van der Waals surface area contributed by atoms with Crippen molar-refractivity contribution in [2.45, 2.75) is 38.9 Å². The Kier molecular flexibility index (Phi) is 3.64. The molecule has 110 valence electrons. The fourth-order valence-corrected chi connectivity index (χ4v) is 2.91. The van der Waals surface area contributed by atoms with Crippen molar-refractivity contribution in [3.8, 4) is 0 Å². The van der Waals surface area contributed by atoms with Gasteiger partial charge in [-0.2, -0.15) is 0 Å². The summed E-state index contributed by atoms with van der Waals surface area (Å²) in [6.45, 7) is 4.81. The number of aromatic nitrogens is 2. The molecule has 0 bridgehead atoms. The molecule has 5 heteroatoms. The number of nitrogens with zero attached hydrogens (tertiary/aromatic N) is 3. The Morgan fingerprint density at radius 3 is 3.05 bits per heavy atom. The van der Waals surface area contributed by atoms with E-state index in [0.29, 0.717) is 0 Å². The second-order valence-electron chi connectivity index (χ2n) is 5.66. The summed E-state index contributed by atoms with van der Waals surface area (Å²) in [5.41, 5.74) is 2.26. The van der Waals surface area contributed by atoms with Crippen LogP contribution in [-0.2, 0) is 13.0 Å². The zero-order chi connectivity index (χ0) is 14.8. The first kappa shape index (κ1) is 13.7. The summed E-state index contributed by atoms with van der Waals surface area (Å²) < 4.78 is 1.96. The molecule has 1 aromatic heterocycles. The van der Waals surface area contributed by atoms with E-state index in [9.17, 15) is 4.79 Å². The minimum absolute atomic E-state index is 0.0277. The molecule has 2 atom stereocenters. The Balaban J connectivity index is 1.68. The van der Waals surface area contributed by atoms with Crippen molar-refractivity contribution in [3.63, 3.8) is 0 Å². The molecule has 1 aliphatic heterocycles. The lowest BCUT2D eigenvalue weighted by atomic mass is 10.1. The second-order valence-corrected chi connectivity index (χ2v) is 5.66. The van der Waals surface area contributed by atoms with Gasteiger partial charge < -0.3 is 9.88 Å². The Labute approximate surface area is 124 Å². The summed E-state index contributed by atoms with van der Waals surface area (Å²) in [7, 11) is 0. The average molecular weight is 284 g/mol. The van der Waals surface area contributed by atoms with Crippen molar-refractivity contribution in [3.05, 3.63) is 48.5 Å². The van der Waals surface area contributed by atoms with Gasteiger partial charge in [0.25, 0.3) is 0 Å². The lowest BCUT2D eigenvalue weighted by molar-refractivity contribution is 0.241. The molecular formula is C16H20N4O. The van der Waals surface area contributed by atoms with Crippen LogP contribution in [0.2, 0.25) is 0 Å². The number of carbonyl (C=O) groups excluding carboxylic acids is 1. The number of anilines is 1. The number of benzene rings is 1. The van der Waals surface area contributed by atoms with Crippen LogP contribution in [0.15, 0.2) is 43.0 Å². The third-order valence-electron chi connectivity index (χ3n) is 3.84. The van der Waals surface area contributed by atoms with Crippen LogP contribution in [-0.4, -0.2) is 27.7 Å². The van der Waals surface area contributed by atoms with E-state index in [-0.39, 0.29) is 18.1 Å². The minimum Gasteiger partial charge on any atom is -0.335 e. The van der Waals surface area contributed by atoms with Gasteiger partial charge in [-0.05, 0) is 31.9 Å². The van der Waals surface area contributed by atoms with E-state index >= 15 is 0 Å². The molecule has 1 aromatic carbocycles. The van der Waals surface area contributed by atoms with E-state index in [1.165, 1.54) is 5.56 Å². The lowest BCUT2D eigenvalue weighted by Crippen LogP contribution is -2.47. The number of fused-ring (bicyclic) bond motifs is 1. The van der Waals surface area contributed by atoms with E-state index in [0.717, 1.165) is 18.7 Å². The molecule has 21 heavy (non-hydrogen) atoms. The first-order valence-corrected chi connectivity index (χ1v) is 7.28. The van der Waals surface area contributed by atoms with Gasteiger partial charge in [0.1, 0.15) is 0 Å². The predicted molar refractivity (Wildman–Crippen MR) is 82.3 cm³/mol. The van der Waals surface area contributed by atoms with E-state index in [1.807, 2.05) is 40.8 Å². The molecule has 0 fully saturated rings. The molecule has 1 N–H and O–H groups in total. The maximum absolute atomic E-state index is 12.5. The molecule has 2 heterocycles. The Morgan fingerprint density at radius 2 is 2.29 bits per heavy atom. The predicted octanol–water partition coefficient (Wildman–Crippen LogP) is 2.43. The zero-order valence-corrected chi connectivity index (χ0v) is 12.4. The summed E-state index contributed by atoms with van der Waals surface area (Å²) in [6.07, 6.45) is 6.32. The summed E-state index contributed by atoms with van der Waals surface area (Å²) in [4.78, 5) is 18.4. The molecule has 5 nitrogen and oxygen atoms in total. The number of carbonyl (C=O) groups is 1. The van der Waals surface area contributed by atoms with Crippen LogP contribution < -0.4 is 10.2 Å². The minimum atomic E-state index is -0.0277. The van der Waals surface area contributed by atoms with Gasteiger partial charge in [0.2, 0.25) is 0 Å². The highest BCUT2D eigenvalue weighted by molar-refractivity contribution is 5.95. The highest BCUT2D eigenvalue weighted by Gasteiger charge is 2.30. The monoisotopic (exact) mass is 284 g/mol. The van der Waals surface area contributed by atoms with Crippen LogP contribution >= 0.6 is 0 Å². The summed E-state index contributed by atoms with van der Waals surface area (Å²) in [6, 6.07) is 8.32. The van der Waals surface area contributed by atoms with Crippen LogP contribution in [0, 0.1) is 0 Å². The van der Waals surface area contributed by atoms with Crippen molar-refractivity contribution in [1.82, 2.24) is 14.9 Å². The first-order valence-electron chi connectivity index (χ1n) is 7.28. The standard InChI is InChI=1S/C16H20N4O/c1-12(10-19-8-7-17-11-19)18-16(21)20-13(2)9-14-5-3-4-6-15(14)20/h3-8,11-13H,9-10H2,1-2H3,(H,18,21)/t12-,13-/m0/s1. The van der Waals surface area contributed by atoms with E-state index in [4.69, 9.17) is 0 Å². The van der Waals surface area contributed by atoms with Crippen molar-refractivity contribution >= 4 is 11.7 Å². The molecule has 0 radical (unpaired) electrons. The van der Waals surface area contributed by atoms with Gasteiger partial charge in [-0.3, -0.25) is 4.90 Å². The van der Waals surface area contributed by atoms with E-state index < -0.39 is 0 Å². The first-order chi connectivity index (χ1) is 10.1. The third kappa shape index (κ3) is 2.77. The number of rotatable bonds is 3. The SMILES string of the molecule is C[C@@H](Cn1ccnc1)NC(=O)N1c2ccccc2C[C@@H]1C. The largest absolute Gasteiger partial charge is 0.335 e. The number of hydrogen-bond donors (Lipinski definition) is 1. The highest BCUT2D eigenvalue weighted by atomic mass is 16.2. The molecule has 2 aromatic rings. The number of para-hydroxylation sites is 1. The second kappa shape index (κ2) is 5.60. The number of nitrogens with one attached hydrogen (secondary N) is 1. The Bertz CT molecular complexity index is 623. The van der Waals surface area contributed by atoms with Crippen molar-refractivity contribution < 1.29 is 4.79 Å². The number of urea groups is 1. The fourth-order valence-electron chi connectivity index (χ4n) is 2.91. The number of imidazole rings is 1. The van der Waals surface area contributed by atoms with Crippen LogP contribution in [0.1, 0.15) is 19.4 Å². The van der Waals surface area contributed by atoms with Crippen LogP contribution in [0.5, 0.6) is 0 Å². The normalized spacial score (nSPS) is 18.4. The Hall–Kier alpha value is -2.30. The topological polar surface area (TPSA) is 50.2 Å². The summed E-state index contributed by atoms with van der Waals surface area (Å²) in [5.74, 6) is 0.